The predicted molar refractivity (Wildman–Crippen MR) is 55.1 cm³/mol. The second-order valence-electron chi connectivity index (χ2n) is 3.49. The SMILES string of the molecule is Cc1ccc(F)c([C@@H](N)C(F)(F)CO)c1Cl. The second-order valence-corrected chi connectivity index (χ2v) is 3.87. The third-order valence-corrected chi connectivity index (χ3v) is 2.80. The average Bonchev–Trinajstić information content (AvgIpc) is 2.24. The molecular weight excluding hydrogens is 243 g/mol. The topological polar surface area (TPSA) is 46.2 Å². The van der Waals surface area contributed by atoms with Gasteiger partial charge >= 0.3 is 0 Å². The molecule has 6 heteroatoms. The van der Waals surface area contributed by atoms with Crippen molar-refractivity contribution < 1.29 is 18.3 Å². The number of nitrogens with two attached hydrogens (primary N) is 1. The number of aliphatic hydroxyl groups is 1. The Balaban J connectivity index is 3.28. The van der Waals surface area contributed by atoms with Crippen LogP contribution < -0.4 is 5.73 Å². The van der Waals surface area contributed by atoms with Crippen molar-refractivity contribution in [1.82, 2.24) is 0 Å². The van der Waals surface area contributed by atoms with E-state index in [2.05, 4.69) is 0 Å². The quantitative estimate of drug-likeness (QED) is 0.869. The molecule has 0 spiro atoms. The first-order valence-corrected chi connectivity index (χ1v) is 4.88. The maximum Gasteiger partial charge on any atom is 0.289 e. The molecule has 0 aliphatic carbocycles. The van der Waals surface area contributed by atoms with Crippen LogP contribution in [0.4, 0.5) is 13.2 Å². The number of rotatable bonds is 3. The van der Waals surface area contributed by atoms with Crippen LogP contribution in [0.15, 0.2) is 12.1 Å². The first-order valence-electron chi connectivity index (χ1n) is 4.50. The minimum Gasteiger partial charge on any atom is -0.390 e. The molecule has 0 unspecified atom stereocenters. The van der Waals surface area contributed by atoms with Gasteiger partial charge < -0.3 is 10.8 Å². The van der Waals surface area contributed by atoms with Crippen LogP contribution in [0.25, 0.3) is 0 Å². The third-order valence-electron chi connectivity index (χ3n) is 2.30. The van der Waals surface area contributed by atoms with Crippen molar-refractivity contribution >= 4 is 11.6 Å². The summed E-state index contributed by atoms with van der Waals surface area (Å²) in [5.74, 6) is -4.52. The maximum absolute atomic E-state index is 13.4. The summed E-state index contributed by atoms with van der Waals surface area (Å²) >= 11 is 5.72. The highest BCUT2D eigenvalue weighted by atomic mass is 35.5. The molecule has 0 aromatic heterocycles. The Morgan fingerprint density at radius 2 is 2.06 bits per heavy atom. The van der Waals surface area contributed by atoms with E-state index in [1.165, 1.54) is 6.07 Å². The van der Waals surface area contributed by atoms with Gasteiger partial charge in [0, 0.05) is 5.56 Å². The van der Waals surface area contributed by atoms with Crippen molar-refractivity contribution in [2.24, 2.45) is 5.73 Å². The molecule has 0 fully saturated rings. The van der Waals surface area contributed by atoms with Crippen molar-refractivity contribution in [3.63, 3.8) is 0 Å². The summed E-state index contributed by atoms with van der Waals surface area (Å²) < 4.78 is 39.6. The first kappa shape index (κ1) is 13.3. The van der Waals surface area contributed by atoms with E-state index in [0.717, 1.165) is 6.07 Å². The van der Waals surface area contributed by atoms with Gasteiger partial charge in [0.2, 0.25) is 0 Å². The molecule has 1 atom stereocenters. The number of aliphatic hydroxyl groups excluding tert-OH is 1. The van der Waals surface area contributed by atoms with Gasteiger partial charge in [-0.1, -0.05) is 17.7 Å². The van der Waals surface area contributed by atoms with Gasteiger partial charge in [0.1, 0.15) is 18.5 Å². The van der Waals surface area contributed by atoms with Crippen LogP contribution >= 0.6 is 11.6 Å². The van der Waals surface area contributed by atoms with Crippen molar-refractivity contribution in [3.05, 3.63) is 34.1 Å². The zero-order chi connectivity index (χ0) is 12.5. The van der Waals surface area contributed by atoms with E-state index in [-0.39, 0.29) is 5.02 Å². The monoisotopic (exact) mass is 253 g/mol. The van der Waals surface area contributed by atoms with Gasteiger partial charge in [-0.3, -0.25) is 0 Å². The average molecular weight is 254 g/mol. The van der Waals surface area contributed by atoms with Crippen LogP contribution in [0.5, 0.6) is 0 Å². The Bertz CT molecular complexity index is 398. The molecule has 0 saturated carbocycles. The molecule has 1 rings (SSSR count). The fourth-order valence-corrected chi connectivity index (χ4v) is 1.54. The number of hydrogen-bond acceptors (Lipinski definition) is 2. The Labute approximate surface area is 95.8 Å². The molecular formula is C10H11ClF3NO. The summed E-state index contributed by atoms with van der Waals surface area (Å²) in [4.78, 5) is 0. The smallest absolute Gasteiger partial charge is 0.289 e. The van der Waals surface area contributed by atoms with Gasteiger partial charge in [0.05, 0.1) is 5.02 Å². The molecule has 1 aromatic carbocycles. The van der Waals surface area contributed by atoms with Gasteiger partial charge in [-0.2, -0.15) is 0 Å². The summed E-state index contributed by atoms with van der Waals surface area (Å²) in [6.45, 7) is 0.0902. The minimum absolute atomic E-state index is 0.138. The summed E-state index contributed by atoms with van der Waals surface area (Å²) in [6.07, 6.45) is 0. The highest BCUT2D eigenvalue weighted by Crippen LogP contribution is 2.35. The lowest BCUT2D eigenvalue weighted by Gasteiger charge is -2.23. The van der Waals surface area contributed by atoms with Crippen molar-refractivity contribution in [2.45, 2.75) is 18.9 Å². The Kier molecular flexibility index (Phi) is 3.83. The van der Waals surface area contributed by atoms with Gasteiger partial charge in [-0.05, 0) is 18.6 Å². The zero-order valence-corrected chi connectivity index (χ0v) is 9.23. The fraction of sp³-hybridized carbons (Fsp3) is 0.400. The zero-order valence-electron chi connectivity index (χ0n) is 8.48. The normalized spacial score (nSPS) is 13.9. The highest BCUT2D eigenvalue weighted by molar-refractivity contribution is 6.32. The molecule has 0 heterocycles. The maximum atomic E-state index is 13.4. The predicted octanol–water partition coefficient (Wildman–Crippen LogP) is 2.41. The molecule has 0 saturated heterocycles. The van der Waals surface area contributed by atoms with E-state index in [9.17, 15) is 13.2 Å². The van der Waals surface area contributed by atoms with E-state index in [1.54, 1.807) is 6.92 Å². The molecule has 3 N–H and O–H groups in total. The van der Waals surface area contributed by atoms with Gasteiger partial charge in [0.15, 0.2) is 0 Å². The number of aryl methyl sites for hydroxylation is 1. The lowest BCUT2D eigenvalue weighted by Crippen LogP contribution is -2.37. The molecule has 90 valence electrons. The molecule has 0 bridgehead atoms. The standard InChI is InChI=1S/C10H11ClF3NO/c1-5-2-3-6(12)7(8(5)11)9(15)10(13,14)4-16/h2-3,9,16H,4,15H2,1H3/t9-/m1/s1. The second kappa shape index (κ2) is 4.61. The third kappa shape index (κ3) is 2.31. The van der Waals surface area contributed by atoms with Crippen LogP contribution in [0.1, 0.15) is 17.2 Å². The summed E-state index contributed by atoms with van der Waals surface area (Å²) in [5, 5.41) is 8.34. The lowest BCUT2D eigenvalue weighted by atomic mass is 9.99. The molecule has 1 aromatic rings. The number of halogens is 4. The lowest BCUT2D eigenvalue weighted by molar-refractivity contribution is -0.0718. The van der Waals surface area contributed by atoms with E-state index < -0.39 is 30.0 Å². The first-order chi connectivity index (χ1) is 7.31. The summed E-state index contributed by atoms with van der Waals surface area (Å²) in [5.41, 5.74) is 5.19. The van der Waals surface area contributed by atoms with E-state index >= 15 is 0 Å². The van der Waals surface area contributed by atoms with Crippen LogP contribution in [0, 0.1) is 12.7 Å². The summed E-state index contributed by atoms with van der Waals surface area (Å²) in [6, 6.07) is 0.416. The highest BCUT2D eigenvalue weighted by Gasteiger charge is 2.40. The van der Waals surface area contributed by atoms with Gasteiger partial charge in [0.25, 0.3) is 5.92 Å². The summed E-state index contributed by atoms with van der Waals surface area (Å²) in [7, 11) is 0. The Hall–Kier alpha value is -0.780. The molecule has 0 amide bonds. The van der Waals surface area contributed by atoms with Gasteiger partial charge in [-0.15, -0.1) is 0 Å². The minimum atomic E-state index is -3.61. The number of hydrogen-bond donors (Lipinski definition) is 2. The molecule has 2 nitrogen and oxygen atoms in total. The van der Waals surface area contributed by atoms with E-state index in [0.29, 0.717) is 5.56 Å². The van der Waals surface area contributed by atoms with Crippen LogP contribution in [-0.2, 0) is 0 Å². The fourth-order valence-electron chi connectivity index (χ4n) is 1.27. The van der Waals surface area contributed by atoms with Gasteiger partial charge in [-0.25, -0.2) is 13.2 Å². The number of benzene rings is 1. The van der Waals surface area contributed by atoms with Crippen LogP contribution in [-0.4, -0.2) is 17.6 Å². The Morgan fingerprint density at radius 3 is 2.56 bits per heavy atom. The molecule has 16 heavy (non-hydrogen) atoms. The molecule has 0 aliphatic heterocycles. The van der Waals surface area contributed by atoms with Crippen molar-refractivity contribution in [2.75, 3.05) is 6.61 Å². The number of alkyl halides is 2. The molecule has 0 radical (unpaired) electrons. The van der Waals surface area contributed by atoms with Crippen molar-refractivity contribution in [3.8, 4) is 0 Å². The van der Waals surface area contributed by atoms with E-state index in [4.69, 9.17) is 22.4 Å². The van der Waals surface area contributed by atoms with Crippen LogP contribution in [0.3, 0.4) is 0 Å². The van der Waals surface area contributed by atoms with Crippen LogP contribution in [0.2, 0.25) is 5.02 Å². The Morgan fingerprint density at radius 1 is 1.50 bits per heavy atom. The molecule has 0 aliphatic rings. The van der Waals surface area contributed by atoms with Crippen molar-refractivity contribution in [1.29, 1.82) is 0 Å². The largest absolute Gasteiger partial charge is 0.390 e. The van der Waals surface area contributed by atoms with E-state index in [1.807, 2.05) is 0 Å².